The van der Waals surface area contributed by atoms with Crippen molar-refractivity contribution >= 4 is 23.5 Å². The Kier molecular flexibility index (Phi) is 2.56. The molecule has 0 spiro atoms. The van der Waals surface area contributed by atoms with Gasteiger partial charge in [-0.1, -0.05) is 0 Å². The first kappa shape index (κ1) is 12.0. The van der Waals surface area contributed by atoms with Crippen molar-refractivity contribution in [2.45, 2.75) is 0 Å². The molecule has 0 atom stereocenters. The summed E-state index contributed by atoms with van der Waals surface area (Å²) in [4.78, 5) is 32.8. The molecule has 0 aromatic carbocycles. The summed E-state index contributed by atoms with van der Waals surface area (Å²) in [5, 5.41) is 9.90. The molecule has 2 amide bonds. The van der Waals surface area contributed by atoms with E-state index >= 15 is 0 Å². The van der Waals surface area contributed by atoms with Crippen LogP contribution >= 0.6 is 0 Å². The number of aryl methyl sites for hydroxylation is 1. The van der Waals surface area contributed by atoms with Gasteiger partial charge in [0.1, 0.15) is 12.4 Å². The Balaban J connectivity index is 2.06. The van der Waals surface area contributed by atoms with Crippen LogP contribution in [0.15, 0.2) is 42.9 Å². The van der Waals surface area contributed by atoms with Gasteiger partial charge in [0, 0.05) is 12.4 Å². The van der Waals surface area contributed by atoms with Crippen LogP contribution < -0.4 is 9.47 Å². The van der Waals surface area contributed by atoms with Crippen LogP contribution in [0.4, 0.5) is 5.95 Å². The molecule has 0 fully saturated rings. The molecule has 1 aliphatic heterocycles. The molecule has 0 unspecified atom stereocenters. The van der Waals surface area contributed by atoms with Gasteiger partial charge >= 0.3 is 11.8 Å². The standard InChI is InChI=1S/C12H9N5O3/c1-15-5-6-16(7-15)8-9(18)11(20)17(10(8)19)12-13-3-2-4-14-12/h2-7H,1H3/p+1. The summed E-state index contributed by atoms with van der Waals surface area (Å²) >= 11 is 0. The van der Waals surface area contributed by atoms with Crippen LogP contribution in [0, 0.1) is 0 Å². The number of hydrogen-bond acceptors (Lipinski definition) is 5. The third-order valence-corrected chi connectivity index (χ3v) is 2.81. The fourth-order valence-corrected chi connectivity index (χ4v) is 1.91. The van der Waals surface area contributed by atoms with Crippen LogP contribution in [0.1, 0.15) is 0 Å². The molecular weight excluding hydrogens is 262 g/mol. The Morgan fingerprint density at radius 1 is 1.20 bits per heavy atom. The Morgan fingerprint density at radius 3 is 2.50 bits per heavy atom. The second-order valence-corrected chi connectivity index (χ2v) is 4.18. The molecule has 3 heterocycles. The maximum Gasteiger partial charge on any atom is 0.312 e. The lowest BCUT2D eigenvalue weighted by Crippen LogP contribution is -2.33. The molecule has 1 aliphatic rings. The number of aromatic nitrogens is 4. The predicted octanol–water partition coefficient (Wildman–Crippen LogP) is -0.597. The van der Waals surface area contributed by atoms with E-state index in [2.05, 4.69) is 9.97 Å². The first-order chi connectivity index (χ1) is 9.59. The molecule has 0 bridgehead atoms. The van der Waals surface area contributed by atoms with E-state index in [1.165, 1.54) is 17.0 Å². The van der Waals surface area contributed by atoms with Crippen LogP contribution in [0.5, 0.6) is 0 Å². The summed E-state index contributed by atoms with van der Waals surface area (Å²) in [6, 6.07) is 1.56. The van der Waals surface area contributed by atoms with E-state index < -0.39 is 17.6 Å². The summed E-state index contributed by atoms with van der Waals surface area (Å²) in [6.45, 7) is 0. The normalized spacial score (nSPS) is 15.3. The maximum atomic E-state index is 12.3. The second kappa shape index (κ2) is 4.26. The van der Waals surface area contributed by atoms with Crippen LogP contribution in [-0.2, 0) is 16.6 Å². The molecule has 1 N–H and O–H groups in total. The SMILES string of the molecule is C[n+]1ccn(C2=C(O)C(=O)N(c3ncccn3)C2=O)c1. The summed E-state index contributed by atoms with van der Waals surface area (Å²) in [5.74, 6) is -2.21. The van der Waals surface area contributed by atoms with E-state index in [1.54, 1.807) is 36.4 Å². The molecular formula is C12H10N5O3+. The van der Waals surface area contributed by atoms with Gasteiger partial charge in [-0.3, -0.25) is 9.59 Å². The predicted molar refractivity (Wildman–Crippen MR) is 66.0 cm³/mol. The van der Waals surface area contributed by atoms with E-state index in [0.29, 0.717) is 0 Å². The van der Waals surface area contributed by atoms with Crippen molar-refractivity contribution in [2.24, 2.45) is 7.05 Å². The zero-order valence-corrected chi connectivity index (χ0v) is 10.5. The lowest BCUT2D eigenvalue weighted by molar-refractivity contribution is -0.670. The molecule has 8 nitrogen and oxygen atoms in total. The second-order valence-electron chi connectivity index (χ2n) is 4.18. The number of amides is 2. The Hall–Kier alpha value is -3.03. The zero-order chi connectivity index (χ0) is 14.3. The smallest absolute Gasteiger partial charge is 0.312 e. The number of hydrogen-bond donors (Lipinski definition) is 1. The largest absolute Gasteiger partial charge is 0.500 e. The third kappa shape index (κ3) is 1.66. The topological polar surface area (TPSA) is 92.2 Å². The Morgan fingerprint density at radius 2 is 1.90 bits per heavy atom. The number of rotatable bonds is 2. The Labute approximate surface area is 113 Å². The van der Waals surface area contributed by atoms with Gasteiger partial charge in [-0.15, -0.1) is 0 Å². The van der Waals surface area contributed by atoms with Crippen LogP contribution in [0.3, 0.4) is 0 Å². The van der Waals surface area contributed by atoms with E-state index in [9.17, 15) is 14.7 Å². The molecule has 20 heavy (non-hydrogen) atoms. The number of anilines is 1. The average Bonchev–Trinajstić information content (AvgIpc) is 2.94. The van der Waals surface area contributed by atoms with Crippen molar-refractivity contribution < 1.29 is 19.3 Å². The van der Waals surface area contributed by atoms with Gasteiger partial charge < -0.3 is 5.11 Å². The third-order valence-electron chi connectivity index (χ3n) is 2.81. The summed E-state index contributed by atoms with van der Waals surface area (Å²) in [6.07, 6.45) is 7.62. The van der Waals surface area contributed by atoms with Crippen molar-refractivity contribution in [3.8, 4) is 0 Å². The molecule has 0 radical (unpaired) electrons. The van der Waals surface area contributed by atoms with Gasteiger partial charge in [0.2, 0.25) is 23.7 Å². The lowest BCUT2D eigenvalue weighted by Gasteiger charge is -2.09. The van der Waals surface area contributed by atoms with E-state index in [1.807, 2.05) is 0 Å². The van der Waals surface area contributed by atoms with Crippen LogP contribution in [0.25, 0.3) is 5.70 Å². The highest BCUT2D eigenvalue weighted by atomic mass is 16.3. The molecule has 0 aliphatic carbocycles. The van der Waals surface area contributed by atoms with Crippen LogP contribution in [0.2, 0.25) is 0 Å². The van der Waals surface area contributed by atoms with E-state index in [4.69, 9.17) is 0 Å². The highest BCUT2D eigenvalue weighted by Gasteiger charge is 2.45. The Bertz CT molecular complexity index is 735. The van der Waals surface area contributed by atoms with Crippen LogP contribution in [-0.4, -0.2) is 31.5 Å². The van der Waals surface area contributed by atoms with Gasteiger partial charge in [0.15, 0.2) is 0 Å². The lowest BCUT2D eigenvalue weighted by atomic mass is 10.4. The molecule has 2 aromatic rings. The minimum absolute atomic E-state index is 0.0689. The molecule has 8 heteroatoms. The number of aliphatic hydroxyl groups excluding tert-OH is 1. The first-order valence-corrected chi connectivity index (χ1v) is 5.72. The minimum Gasteiger partial charge on any atom is -0.500 e. The van der Waals surface area contributed by atoms with Crippen molar-refractivity contribution in [3.63, 3.8) is 0 Å². The van der Waals surface area contributed by atoms with Gasteiger partial charge in [-0.2, -0.15) is 4.57 Å². The van der Waals surface area contributed by atoms with Crippen molar-refractivity contribution in [3.05, 3.63) is 42.9 Å². The molecule has 2 aromatic heterocycles. The molecule has 3 rings (SSSR count). The zero-order valence-electron chi connectivity index (χ0n) is 10.5. The van der Waals surface area contributed by atoms with Crippen molar-refractivity contribution in [1.29, 1.82) is 0 Å². The molecule has 0 saturated heterocycles. The quantitative estimate of drug-likeness (QED) is 0.582. The van der Waals surface area contributed by atoms with Gasteiger partial charge in [0.25, 0.3) is 0 Å². The number of carbonyl (C=O) groups is 2. The van der Waals surface area contributed by atoms with Crippen molar-refractivity contribution in [1.82, 2.24) is 14.5 Å². The molecule has 100 valence electrons. The summed E-state index contributed by atoms with van der Waals surface area (Å²) in [7, 11) is 1.76. The van der Waals surface area contributed by atoms with E-state index in [0.717, 1.165) is 4.90 Å². The highest BCUT2D eigenvalue weighted by Crippen LogP contribution is 2.25. The number of imidazole rings is 1. The number of nitrogens with zero attached hydrogens (tertiary/aromatic N) is 5. The fourth-order valence-electron chi connectivity index (χ4n) is 1.91. The van der Waals surface area contributed by atoms with Gasteiger partial charge in [-0.25, -0.2) is 19.4 Å². The maximum absolute atomic E-state index is 12.3. The summed E-state index contributed by atoms with van der Waals surface area (Å²) < 4.78 is 3.05. The average molecular weight is 272 g/mol. The highest BCUT2D eigenvalue weighted by molar-refractivity contribution is 6.41. The first-order valence-electron chi connectivity index (χ1n) is 5.72. The van der Waals surface area contributed by atoms with E-state index in [-0.39, 0.29) is 11.6 Å². The molecule has 0 saturated carbocycles. The number of carbonyl (C=O) groups excluding carboxylic acids is 2. The number of imide groups is 1. The fraction of sp³-hybridized carbons (Fsp3) is 0.0833. The van der Waals surface area contributed by atoms with Gasteiger partial charge in [0.05, 0.1) is 7.05 Å². The van der Waals surface area contributed by atoms with Crippen molar-refractivity contribution in [2.75, 3.05) is 4.90 Å². The monoisotopic (exact) mass is 272 g/mol. The summed E-state index contributed by atoms with van der Waals surface area (Å²) in [5.41, 5.74) is -0.122. The van der Waals surface area contributed by atoms with Gasteiger partial charge in [-0.05, 0) is 6.07 Å². The number of aliphatic hydroxyl groups is 1. The minimum atomic E-state index is -0.840.